The molecular formula is C16H14Cl2FNO2. The van der Waals surface area contributed by atoms with Gasteiger partial charge in [-0.1, -0.05) is 35.3 Å². The van der Waals surface area contributed by atoms with Gasteiger partial charge in [0.25, 0.3) is 5.91 Å². The molecule has 0 saturated carbocycles. The Kier molecular flexibility index (Phi) is 5.63. The summed E-state index contributed by atoms with van der Waals surface area (Å²) in [5.41, 5.74) is 1.25. The molecule has 0 aliphatic rings. The largest absolute Gasteiger partial charge is 0.484 e. The van der Waals surface area contributed by atoms with Gasteiger partial charge in [0.15, 0.2) is 6.61 Å². The molecule has 1 N–H and O–H groups in total. The standard InChI is InChI=1S/C16H14Cl2FNO2/c1-10-2-3-11(6-15(10)19)8-20-16(21)9-22-12-4-5-13(17)14(18)7-12/h2-7H,8-9H2,1H3,(H,20,21). The molecule has 1 amide bonds. The van der Waals surface area contributed by atoms with E-state index in [0.717, 1.165) is 0 Å². The number of nitrogens with one attached hydrogen (secondary N) is 1. The van der Waals surface area contributed by atoms with Crippen LogP contribution >= 0.6 is 23.2 Å². The second-order valence-corrected chi connectivity index (χ2v) is 5.54. The Balaban J connectivity index is 1.82. The summed E-state index contributed by atoms with van der Waals surface area (Å²) >= 11 is 11.6. The van der Waals surface area contributed by atoms with Gasteiger partial charge in [0.05, 0.1) is 10.0 Å². The van der Waals surface area contributed by atoms with Crippen molar-refractivity contribution in [1.29, 1.82) is 0 Å². The van der Waals surface area contributed by atoms with Gasteiger partial charge in [0.1, 0.15) is 11.6 Å². The Hall–Kier alpha value is -1.78. The molecule has 0 bridgehead atoms. The summed E-state index contributed by atoms with van der Waals surface area (Å²) in [5.74, 6) is -0.156. The van der Waals surface area contributed by atoms with Crippen LogP contribution in [0.4, 0.5) is 4.39 Å². The molecule has 0 unspecified atom stereocenters. The number of ether oxygens (including phenoxy) is 1. The minimum absolute atomic E-state index is 0.160. The predicted octanol–water partition coefficient (Wildman–Crippen LogP) is 4.14. The van der Waals surface area contributed by atoms with Crippen LogP contribution in [0.15, 0.2) is 36.4 Å². The zero-order valence-electron chi connectivity index (χ0n) is 11.8. The molecule has 116 valence electrons. The highest BCUT2D eigenvalue weighted by Crippen LogP contribution is 2.26. The van der Waals surface area contributed by atoms with Crippen molar-refractivity contribution in [2.24, 2.45) is 0 Å². The number of carbonyl (C=O) groups excluding carboxylic acids is 1. The summed E-state index contributed by atoms with van der Waals surface area (Å²) < 4.78 is 18.7. The molecule has 22 heavy (non-hydrogen) atoms. The van der Waals surface area contributed by atoms with E-state index >= 15 is 0 Å². The van der Waals surface area contributed by atoms with Gasteiger partial charge in [-0.25, -0.2) is 4.39 Å². The van der Waals surface area contributed by atoms with Gasteiger partial charge in [-0.3, -0.25) is 4.79 Å². The number of halogens is 3. The van der Waals surface area contributed by atoms with Crippen LogP contribution in [0.2, 0.25) is 10.0 Å². The maximum atomic E-state index is 13.4. The molecular weight excluding hydrogens is 328 g/mol. The fourth-order valence-corrected chi connectivity index (χ4v) is 2.00. The first-order valence-corrected chi connectivity index (χ1v) is 7.31. The average molecular weight is 342 g/mol. The van der Waals surface area contributed by atoms with Crippen molar-refractivity contribution in [2.75, 3.05) is 6.61 Å². The maximum absolute atomic E-state index is 13.4. The molecule has 2 rings (SSSR count). The van der Waals surface area contributed by atoms with Crippen LogP contribution in [0.3, 0.4) is 0 Å². The highest BCUT2D eigenvalue weighted by molar-refractivity contribution is 6.42. The SMILES string of the molecule is Cc1ccc(CNC(=O)COc2ccc(Cl)c(Cl)c2)cc1F. The second kappa shape index (κ2) is 7.47. The molecule has 0 heterocycles. The van der Waals surface area contributed by atoms with Crippen LogP contribution in [0.1, 0.15) is 11.1 Å². The highest BCUT2D eigenvalue weighted by atomic mass is 35.5. The zero-order valence-corrected chi connectivity index (χ0v) is 13.3. The normalized spacial score (nSPS) is 10.4. The lowest BCUT2D eigenvalue weighted by Crippen LogP contribution is -2.28. The van der Waals surface area contributed by atoms with Crippen molar-refractivity contribution < 1.29 is 13.9 Å². The van der Waals surface area contributed by atoms with E-state index in [1.807, 2.05) is 0 Å². The zero-order chi connectivity index (χ0) is 16.1. The molecule has 0 atom stereocenters. The number of amides is 1. The van der Waals surface area contributed by atoms with E-state index in [1.54, 1.807) is 31.2 Å². The summed E-state index contributed by atoms with van der Waals surface area (Å²) in [7, 11) is 0. The highest BCUT2D eigenvalue weighted by Gasteiger charge is 2.06. The molecule has 0 fully saturated rings. The Labute approximate surface area is 138 Å². The first kappa shape index (κ1) is 16.6. The van der Waals surface area contributed by atoms with Gasteiger partial charge in [-0.2, -0.15) is 0 Å². The van der Waals surface area contributed by atoms with E-state index in [0.29, 0.717) is 26.9 Å². The minimum Gasteiger partial charge on any atom is -0.484 e. The monoisotopic (exact) mass is 341 g/mol. The Morgan fingerprint density at radius 1 is 1.18 bits per heavy atom. The summed E-state index contributed by atoms with van der Waals surface area (Å²) in [4.78, 5) is 11.7. The van der Waals surface area contributed by atoms with E-state index in [9.17, 15) is 9.18 Å². The third-order valence-electron chi connectivity index (χ3n) is 2.99. The number of carbonyl (C=O) groups is 1. The van der Waals surface area contributed by atoms with Gasteiger partial charge in [-0.15, -0.1) is 0 Å². The summed E-state index contributed by atoms with van der Waals surface area (Å²) in [6.07, 6.45) is 0. The van der Waals surface area contributed by atoms with E-state index in [-0.39, 0.29) is 24.9 Å². The van der Waals surface area contributed by atoms with Crippen molar-refractivity contribution in [1.82, 2.24) is 5.32 Å². The van der Waals surface area contributed by atoms with E-state index in [1.165, 1.54) is 12.1 Å². The summed E-state index contributed by atoms with van der Waals surface area (Å²) in [6, 6.07) is 9.58. The topological polar surface area (TPSA) is 38.3 Å². The van der Waals surface area contributed by atoms with Gasteiger partial charge in [0.2, 0.25) is 0 Å². The van der Waals surface area contributed by atoms with Crippen LogP contribution in [0.5, 0.6) is 5.75 Å². The number of hydrogen-bond donors (Lipinski definition) is 1. The van der Waals surface area contributed by atoms with Crippen molar-refractivity contribution in [3.8, 4) is 5.75 Å². The summed E-state index contributed by atoms with van der Waals surface area (Å²) in [5, 5.41) is 3.42. The number of hydrogen-bond acceptors (Lipinski definition) is 2. The molecule has 6 heteroatoms. The average Bonchev–Trinajstić information content (AvgIpc) is 2.49. The van der Waals surface area contributed by atoms with Gasteiger partial charge < -0.3 is 10.1 Å². The Morgan fingerprint density at radius 3 is 2.64 bits per heavy atom. The van der Waals surface area contributed by atoms with E-state index in [2.05, 4.69) is 5.32 Å². The smallest absolute Gasteiger partial charge is 0.258 e. The Morgan fingerprint density at radius 2 is 1.95 bits per heavy atom. The van der Waals surface area contributed by atoms with Crippen LogP contribution in [0, 0.1) is 12.7 Å². The van der Waals surface area contributed by atoms with Crippen LogP contribution in [-0.2, 0) is 11.3 Å². The van der Waals surface area contributed by atoms with E-state index < -0.39 is 0 Å². The van der Waals surface area contributed by atoms with E-state index in [4.69, 9.17) is 27.9 Å². The third kappa shape index (κ3) is 4.61. The van der Waals surface area contributed by atoms with Crippen molar-refractivity contribution in [3.05, 3.63) is 63.4 Å². The number of rotatable bonds is 5. The molecule has 0 radical (unpaired) electrons. The molecule has 3 nitrogen and oxygen atoms in total. The van der Waals surface area contributed by atoms with Crippen molar-refractivity contribution >= 4 is 29.1 Å². The predicted molar refractivity (Wildman–Crippen MR) is 84.9 cm³/mol. The fraction of sp³-hybridized carbons (Fsp3) is 0.188. The molecule has 0 aromatic heterocycles. The minimum atomic E-state index is -0.313. The number of benzene rings is 2. The van der Waals surface area contributed by atoms with Crippen LogP contribution in [-0.4, -0.2) is 12.5 Å². The van der Waals surface area contributed by atoms with Crippen molar-refractivity contribution in [2.45, 2.75) is 13.5 Å². The van der Waals surface area contributed by atoms with Gasteiger partial charge in [0, 0.05) is 12.6 Å². The van der Waals surface area contributed by atoms with Crippen molar-refractivity contribution in [3.63, 3.8) is 0 Å². The van der Waals surface area contributed by atoms with Gasteiger partial charge >= 0.3 is 0 Å². The second-order valence-electron chi connectivity index (χ2n) is 4.72. The first-order chi connectivity index (χ1) is 10.5. The molecule has 0 saturated heterocycles. The number of aryl methyl sites for hydroxylation is 1. The summed E-state index contributed by atoms with van der Waals surface area (Å²) in [6.45, 7) is 1.76. The molecule has 2 aromatic rings. The quantitative estimate of drug-likeness (QED) is 0.887. The lowest BCUT2D eigenvalue weighted by molar-refractivity contribution is -0.123. The lowest BCUT2D eigenvalue weighted by atomic mass is 10.1. The third-order valence-corrected chi connectivity index (χ3v) is 3.73. The molecule has 0 aliphatic heterocycles. The Bertz CT molecular complexity index is 634. The first-order valence-electron chi connectivity index (χ1n) is 6.55. The molecule has 0 aliphatic carbocycles. The maximum Gasteiger partial charge on any atom is 0.258 e. The molecule has 2 aromatic carbocycles. The van der Waals surface area contributed by atoms with Crippen LogP contribution < -0.4 is 10.1 Å². The fourth-order valence-electron chi connectivity index (χ4n) is 1.71. The lowest BCUT2D eigenvalue weighted by Gasteiger charge is -2.09. The van der Waals surface area contributed by atoms with Crippen LogP contribution in [0.25, 0.3) is 0 Å². The molecule has 0 spiro atoms. The van der Waals surface area contributed by atoms with Gasteiger partial charge in [-0.05, 0) is 36.2 Å².